The number of rotatable bonds is 5. The summed E-state index contributed by atoms with van der Waals surface area (Å²) >= 11 is 3.25. The number of hydrogen-bond acceptors (Lipinski definition) is 3. The average molecular weight is 335 g/mol. The zero-order chi connectivity index (χ0) is 14.5. The Morgan fingerprint density at radius 2 is 1.85 bits per heavy atom. The molecule has 2 rings (SSSR count). The van der Waals surface area contributed by atoms with E-state index in [2.05, 4.69) is 40.3 Å². The Labute approximate surface area is 126 Å². The summed E-state index contributed by atoms with van der Waals surface area (Å²) in [4.78, 5) is 10.7. The fourth-order valence-electron chi connectivity index (χ4n) is 2.00. The first-order chi connectivity index (χ1) is 9.58. The Balaban J connectivity index is 2.05. The van der Waals surface area contributed by atoms with Gasteiger partial charge in [-0.25, -0.2) is 0 Å². The molecule has 2 aromatic carbocycles. The number of benzene rings is 2. The summed E-state index contributed by atoms with van der Waals surface area (Å²) in [5.74, 6) is 0. The summed E-state index contributed by atoms with van der Waals surface area (Å²) < 4.78 is 0.715. The van der Waals surface area contributed by atoms with Gasteiger partial charge in [0, 0.05) is 29.2 Å². The Morgan fingerprint density at radius 3 is 2.55 bits per heavy atom. The number of nitrogens with one attached hydrogen (secondary N) is 1. The van der Waals surface area contributed by atoms with Crippen LogP contribution in [0.15, 0.2) is 46.9 Å². The topological polar surface area (TPSA) is 55.2 Å². The second-order valence-corrected chi connectivity index (χ2v) is 5.48. The van der Waals surface area contributed by atoms with Gasteiger partial charge in [-0.05, 0) is 30.2 Å². The first-order valence-electron chi connectivity index (χ1n) is 6.26. The highest BCUT2D eigenvalue weighted by Gasteiger charge is 2.13. The van der Waals surface area contributed by atoms with Gasteiger partial charge in [-0.2, -0.15) is 0 Å². The first-order valence-corrected chi connectivity index (χ1v) is 7.05. The minimum absolute atomic E-state index is 0.136. The van der Waals surface area contributed by atoms with Crippen LogP contribution in [0.25, 0.3) is 0 Å². The molecule has 0 fully saturated rings. The van der Waals surface area contributed by atoms with Crippen molar-refractivity contribution in [3.63, 3.8) is 0 Å². The third kappa shape index (κ3) is 3.65. The van der Waals surface area contributed by atoms with Gasteiger partial charge < -0.3 is 5.32 Å². The SMILES string of the molecule is Cc1ccccc1CNCc1ccc(Br)cc1[N+](=O)[O-]. The molecule has 0 spiro atoms. The monoisotopic (exact) mass is 334 g/mol. The van der Waals surface area contributed by atoms with E-state index in [-0.39, 0.29) is 10.6 Å². The van der Waals surface area contributed by atoms with Gasteiger partial charge in [0.15, 0.2) is 0 Å². The molecular formula is C15H15BrN2O2. The largest absolute Gasteiger partial charge is 0.308 e. The quantitative estimate of drug-likeness (QED) is 0.665. The van der Waals surface area contributed by atoms with Gasteiger partial charge in [-0.15, -0.1) is 0 Å². The normalized spacial score (nSPS) is 10.5. The van der Waals surface area contributed by atoms with Gasteiger partial charge >= 0.3 is 0 Å². The van der Waals surface area contributed by atoms with Crippen molar-refractivity contribution in [2.45, 2.75) is 20.0 Å². The van der Waals surface area contributed by atoms with Crippen molar-refractivity contribution < 1.29 is 4.92 Å². The van der Waals surface area contributed by atoms with Gasteiger partial charge in [-0.1, -0.05) is 40.2 Å². The number of nitro groups is 1. The lowest BCUT2D eigenvalue weighted by atomic mass is 10.1. The van der Waals surface area contributed by atoms with E-state index in [1.807, 2.05) is 18.2 Å². The molecule has 0 saturated heterocycles. The van der Waals surface area contributed by atoms with Crippen molar-refractivity contribution >= 4 is 21.6 Å². The second kappa shape index (κ2) is 6.63. The van der Waals surface area contributed by atoms with Gasteiger partial charge in [0.1, 0.15) is 0 Å². The zero-order valence-corrected chi connectivity index (χ0v) is 12.7. The number of halogens is 1. The van der Waals surface area contributed by atoms with E-state index in [0.717, 1.165) is 0 Å². The van der Waals surface area contributed by atoms with Crippen molar-refractivity contribution in [3.05, 3.63) is 73.7 Å². The van der Waals surface area contributed by atoms with E-state index in [9.17, 15) is 10.1 Å². The second-order valence-electron chi connectivity index (χ2n) is 4.56. The van der Waals surface area contributed by atoms with Crippen LogP contribution in [0.5, 0.6) is 0 Å². The van der Waals surface area contributed by atoms with Crippen LogP contribution in [-0.4, -0.2) is 4.92 Å². The van der Waals surface area contributed by atoms with Crippen LogP contribution in [-0.2, 0) is 13.1 Å². The molecule has 0 aromatic heterocycles. The van der Waals surface area contributed by atoms with Crippen LogP contribution < -0.4 is 5.32 Å². The van der Waals surface area contributed by atoms with Crippen molar-refractivity contribution in [3.8, 4) is 0 Å². The Hall–Kier alpha value is -1.72. The molecule has 0 amide bonds. The van der Waals surface area contributed by atoms with E-state index in [0.29, 0.717) is 23.1 Å². The maximum Gasteiger partial charge on any atom is 0.275 e. The number of hydrogen-bond donors (Lipinski definition) is 1. The number of aryl methyl sites for hydroxylation is 1. The first kappa shape index (κ1) is 14.7. The van der Waals surface area contributed by atoms with Crippen LogP contribution >= 0.6 is 15.9 Å². The molecule has 0 aliphatic heterocycles. The molecule has 0 unspecified atom stereocenters. The van der Waals surface area contributed by atoms with Crippen LogP contribution in [0, 0.1) is 17.0 Å². The summed E-state index contributed by atoms with van der Waals surface area (Å²) in [5, 5.41) is 14.3. The van der Waals surface area contributed by atoms with E-state index < -0.39 is 0 Å². The van der Waals surface area contributed by atoms with Crippen molar-refractivity contribution in [1.29, 1.82) is 0 Å². The van der Waals surface area contributed by atoms with Gasteiger partial charge in [0.05, 0.1) is 4.92 Å². The Morgan fingerprint density at radius 1 is 1.15 bits per heavy atom. The predicted octanol–water partition coefficient (Wildman–Crippen LogP) is 3.96. The van der Waals surface area contributed by atoms with Crippen LogP contribution in [0.3, 0.4) is 0 Å². The van der Waals surface area contributed by atoms with Gasteiger partial charge in [0.2, 0.25) is 0 Å². The highest BCUT2D eigenvalue weighted by molar-refractivity contribution is 9.10. The van der Waals surface area contributed by atoms with Crippen molar-refractivity contribution in [2.75, 3.05) is 0 Å². The molecule has 104 valence electrons. The summed E-state index contributed by atoms with van der Waals surface area (Å²) in [5.41, 5.74) is 3.24. The number of nitrogens with zero attached hydrogens (tertiary/aromatic N) is 1. The van der Waals surface area contributed by atoms with E-state index in [4.69, 9.17) is 0 Å². The molecule has 4 nitrogen and oxygen atoms in total. The minimum atomic E-state index is -0.352. The minimum Gasteiger partial charge on any atom is -0.308 e. The highest BCUT2D eigenvalue weighted by atomic mass is 79.9. The molecule has 20 heavy (non-hydrogen) atoms. The van der Waals surface area contributed by atoms with E-state index in [1.54, 1.807) is 6.07 Å². The maximum atomic E-state index is 11.0. The lowest BCUT2D eigenvalue weighted by Gasteiger charge is -2.08. The smallest absolute Gasteiger partial charge is 0.275 e. The fourth-order valence-corrected chi connectivity index (χ4v) is 2.35. The third-order valence-corrected chi connectivity index (χ3v) is 3.63. The molecule has 0 heterocycles. The summed E-state index contributed by atoms with van der Waals surface area (Å²) in [7, 11) is 0. The molecule has 5 heteroatoms. The predicted molar refractivity (Wildman–Crippen MR) is 82.5 cm³/mol. The third-order valence-electron chi connectivity index (χ3n) is 3.14. The van der Waals surface area contributed by atoms with Crippen molar-refractivity contribution in [2.24, 2.45) is 0 Å². The van der Waals surface area contributed by atoms with Gasteiger partial charge in [-0.3, -0.25) is 10.1 Å². The van der Waals surface area contributed by atoms with Crippen LogP contribution in [0.1, 0.15) is 16.7 Å². The summed E-state index contributed by atoms with van der Waals surface area (Å²) in [6, 6.07) is 13.2. The Kier molecular flexibility index (Phi) is 4.87. The van der Waals surface area contributed by atoms with E-state index >= 15 is 0 Å². The number of nitro benzene ring substituents is 1. The Bertz CT molecular complexity index is 629. The molecular weight excluding hydrogens is 320 g/mol. The lowest BCUT2D eigenvalue weighted by molar-refractivity contribution is -0.385. The standard InChI is InChI=1S/C15H15BrN2O2/c1-11-4-2-3-5-12(11)9-17-10-13-6-7-14(16)8-15(13)18(19)20/h2-8,17H,9-10H2,1H3. The molecule has 0 radical (unpaired) electrons. The molecule has 1 N–H and O–H groups in total. The lowest BCUT2D eigenvalue weighted by Crippen LogP contribution is -2.14. The van der Waals surface area contributed by atoms with Crippen LogP contribution in [0.2, 0.25) is 0 Å². The summed E-state index contributed by atoms with van der Waals surface area (Å²) in [6.07, 6.45) is 0. The average Bonchev–Trinajstić information content (AvgIpc) is 2.42. The highest BCUT2D eigenvalue weighted by Crippen LogP contribution is 2.23. The molecule has 0 atom stereocenters. The van der Waals surface area contributed by atoms with Crippen LogP contribution in [0.4, 0.5) is 5.69 Å². The zero-order valence-electron chi connectivity index (χ0n) is 11.1. The maximum absolute atomic E-state index is 11.0. The molecule has 0 aliphatic carbocycles. The van der Waals surface area contributed by atoms with Crippen molar-refractivity contribution in [1.82, 2.24) is 5.32 Å². The molecule has 0 aliphatic rings. The fraction of sp³-hybridized carbons (Fsp3) is 0.200. The van der Waals surface area contributed by atoms with E-state index in [1.165, 1.54) is 17.2 Å². The molecule has 2 aromatic rings. The molecule has 0 saturated carbocycles. The van der Waals surface area contributed by atoms with Gasteiger partial charge in [0.25, 0.3) is 5.69 Å². The summed E-state index contributed by atoms with van der Waals surface area (Å²) in [6.45, 7) is 3.22. The molecule has 0 bridgehead atoms.